The lowest BCUT2D eigenvalue weighted by molar-refractivity contribution is -0.136. The molecular formula is C10H7ClO2S. The zero-order valence-corrected chi connectivity index (χ0v) is 8.73. The van der Waals surface area contributed by atoms with E-state index in [2.05, 4.69) is 0 Å². The second-order valence-corrected chi connectivity index (χ2v) is 4.58. The standard InChI is InChI=1S/C10H7ClO2S/c11-10-7(5-9(12)13)6-3-1-2-4-8(6)14-10/h1-4H,5H2,(H,12,13). The molecule has 0 atom stereocenters. The summed E-state index contributed by atoms with van der Waals surface area (Å²) in [5, 5.41) is 9.66. The Morgan fingerprint density at radius 2 is 2.14 bits per heavy atom. The molecule has 0 aliphatic rings. The van der Waals surface area contributed by atoms with Crippen LogP contribution in [0.25, 0.3) is 10.1 Å². The molecule has 2 aromatic rings. The molecule has 0 unspecified atom stereocenters. The van der Waals surface area contributed by atoms with Gasteiger partial charge >= 0.3 is 5.97 Å². The number of thiophene rings is 1. The molecule has 0 aliphatic heterocycles. The van der Waals surface area contributed by atoms with Crippen LogP contribution in [0.15, 0.2) is 24.3 Å². The smallest absolute Gasteiger partial charge is 0.307 e. The van der Waals surface area contributed by atoms with E-state index in [0.29, 0.717) is 4.34 Å². The zero-order valence-electron chi connectivity index (χ0n) is 7.16. The molecule has 0 aliphatic carbocycles. The van der Waals surface area contributed by atoms with Crippen LogP contribution in [-0.4, -0.2) is 11.1 Å². The van der Waals surface area contributed by atoms with Gasteiger partial charge in [0, 0.05) is 10.3 Å². The van der Waals surface area contributed by atoms with E-state index in [4.69, 9.17) is 16.7 Å². The predicted molar refractivity (Wildman–Crippen MR) is 58.2 cm³/mol. The van der Waals surface area contributed by atoms with Gasteiger partial charge in [0.1, 0.15) is 0 Å². The van der Waals surface area contributed by atoms with Crippen molar-refractivity contribution < 1.29 is 9.90 Å². The molecule has 0 saturated carbocycles. The third kappa shape index (κ3) is 1.61. The van der Waals surface area contributed by atoms with E-state index in [1.165, 1.54) is 11.3 Å². The average molecular weight is 227 g/mol. The van der Waals surface area contributed by atoms with E-state index in [1.54, 1.807) is 0 Å². The maximum absolute atomic E-state index is 10.6. The number of hydrogen-bond donors (Lipinski definition) is 1. The fourth-order valence-electron chi connectivity index (χ4n) is 1.38. The first kappa shape index (κ1) is 9.49. The predicted octanol–water partition coefficient (Wildman–Crippen LogP) is 3.18. The summed E-state index contributed by atoms with van der Waals surface area (Å²) in [4.78, 5) is 10.6. The highest BCUT2D eigenvalue weighted by Crippen LogP contribution is 2.35. The highest BCUT2D eigenvalue weighted by Gasteiger charge is 2.12. The van der Waals surface area contributed by atoms with E-state index in [0.717, 1.165) is 15.6 Å². The normalized spacial score (nSPS) is 10.6. The van der Waals surface area contributed by atoms with Crippen LogP contribution in [0.4, 0.5) is 0 Å². The van der Waals surface area contributed by atoms with Gasteiger partial charge in [-0.05, 0) is 11.5 Å². The van der Waals surface area contributed by atoms with Crippen LogP contribution >= 0.6 is 22.9 Å². The largest absolute Gasteiger partial charge is 0.481 e. The molecule has 1 aromatic carbocycles. The first-order chi connectivity index (χ1) is 6.68. The molecule has 1 aromatic heterocycles. The minimum absolute atomic E-state index is 0.0111. The summed E-state index contributed by atoms with van der Waals surface area (Å²) in [5.74, 6) is -0.851. The second-order valence-electron chi connectivity index (χ2n) is 2.92. The van der Waals surface area contributed by atoms with E-state index >= 15 is 0 Å². The Hall–Kier alpha value is -1.06. The van der Waals surface area contributed by atoms with Gasteiger partial charge in [-0.2, -0.15) is 0 Å². The number of halogens is 1. The molecule has 0 amide bonds. The van der Waals surface area contributed by atoms with Crippen molar-refractivity contribution in [1.82, 2.24) is 0 Å². The molecule has 0 bridgehead atoms. The van der Waals surface area contributed by atoms with Gasteiger partial charge in [-0.3, -0.25) is 4.79 Å². The molecule has 0 spiro atoms. The number of carbonyl (C=O) groups is 1. The highest BCUT2D eigenvalue weighted by atomic mass is 35.5. The summed E-state index contributed by atoms with van der Waals surface area (Å²) in [6.07, 6.45) is -0.0111. The van der Waals surface area contributed by atoms with Crippen molar-refractivity contribution in [3.05, 3.63) is 34.2 Å². The lowest BCUT2D eigenvalue weighted by atomic mass is 10.1. The summed E-state index contributed by atoms with van der Waals surface area (Å²) in [6.45, 7) is 0. The Bertz CT molecular complexity index is 490. The fraction of sp³-hybridized carbons (Fsp3) is 0.100. The molecule has 2 rings (SSSR count). The summed E-state index contributed by atoms with van der Waals surface area (Å²) in [6, 6.07) is 7.64. The average Bonchev–Trinajstić information content (AvgIpc) is 2.43. The van der Waals surface area contributed by atoms with Crippen molar-refractivity contribution in [3.63, 3.8) is 0 Å². The van der Waals surface area contributed by atoms with Crippen LogP contribution < -0.4 is 0 Å². The summed E-state index contributed by atoms with van der Waals surface area (Å²) in [7, 11) is 0. The van der Waals surface area contributed by atoms with Gasteiger partial charge < -0.3 is 5.11 Å². The maximum Gasteiger partial charge on any atom is 0.307 e. The molecule has 72 valence electrons. The molecular weight excluding hydrogens is 220 g/mol. The molecule has 1 N–H and O–H groups in total. The SMILES string of the molecule is O=C(O)Cc1c(Cl)sc2ccccc12. The van der Waals surface area contributed by atoms with Gasteiger partial charge in [-0.1, -0.05) is 29.8 Å². The van der Waals surface area contributed by atoms with Crippen LogP contribution in [0, 0.1) is 0 Å². The van der Waals surface area contributed by atoms with Crippen LogP contribution in [0.5, 0.6) is 0 Å². The van der Waals surface area contributed by atoms with Crippen molar-refractivity contribution in [2.45, 2.75) is 6.42 Å². The summed E-state index contributed by atoms with van der Waals surface area (Å²) >= 11 is 7.39. The monoisotopic (exact) mass is 226 g/mol. The Morgan fingerprint density at radius 3 is 2.86 bits per heavy atom. The number of aliphatic carboxylic acids is 1. The van der Waals surface area contributed by atoms with Gasteiger partial charge in [0.05, 0.1) is 10.8 Å². The Kier molecular flexibility index (Phi) is 2.44. The zero-order chi connectivity index (χ0) is 10.1. The topological polar surface area (TPSA) is 37.3 Å². The number of fused-ring (bicyclic) bond motifs is 1. The third-order valence-corrected chi connectivity index (χ3v) is 3.44. The van der Waals surface area contributed by atoms with Gasteiger partial charge in [0.2, 0.25) is 0 Å². The molecule has 4 heteroatoms. The van der Waals surface area contributed by atoms with Gasteiger partial charge in [0.15, 0.2) is 0 Å². The number of carboxylic acids is 1. The van der Waals surface area contributed by atoms with Crippen molar-refractivity contribution in [2.75, 3.05) is 0 Å². The van der Waals surface area contributed by atoms with Crippen molar-refractivity contribution in [1.29, 1.82) is 0 Å². The van der Waals surface area contributed by atoms with E-state index in [1.807, 2.05) is 24.3 Å². The molecule has 2 nitrogen and oxygen atoms in total. The maximum atomic E-state index is 10.6. The number of hydrogen-bond acceptors (Lipinski definition) is 2. The summed E-state index contributed by atoms with van der Waals surface area (Å²) in [5.41, 5.74) is 0.722. The number of rotatable bonds is 2. The van der Waals surface area contributed by atoms with Crippen LogP contribution in [-0.2, 0) is 11.2 Å². The first-order valence-corrected chi connectivity index (χ1v) is 5.25. The molecule has 14 heavy (non-hydrogen) atoms. The minimum atomic E-state index is -0.851. The van der Waals surface area contributed by atoms with Crippen molar-refractivity contribution in [2.24, 2.45) is 0 Å². The van der Waals surface area contributed by atoms with Crippen LogP contribution in [0.3, 0.4) is 0 Å². The molecule has 0 saturated heterocycles. The lowest BCUT2D eigenvalue weighted by Crippen LogP contribution is -1.99. The quantitative estimate of drug-likeness (QED) is 0.854. The first-order valence-electron chi connectivity index (χ1n) is 4.06. The Balaban J connectivity index is 2.62. The van der Waals surface area contributed by atoms with Crippen LogP contribution in [0.1, 0.15) is 5.56 Å². The van der Waals surface area contributed by atoms with Crippen molar-refractivity contribution in [3.8, 4) is 0 Å². The number of benzene rings is 1. The van der Waals surface area contributed by atoms with Crippen LogP contribution in [0.2, 0.25) is 4.34 Å². The Labute approximate surface area is 89.7 Å². The van der Waals surface area contributed by atoms with Gasteiger partial charge in [0.25, 0.3) is 0 Å². The van der Waals surface area contributed by atoms with Gasteiger partial charge in [-0.15, -0.1) is 11.3 Å². The van der Waals surface area contributed by atoms with E-state index < -0.39 is 5.97 Å². The van der Waals surface area contributed by atoms with E-state index in [-0.39, 0.29) is 6.42 Å². The minimum Gasteiger partial charge on any atom is -0.481 e. The van der Waals surface area contributed by atoms with Crippen molar-refractivity contribution >= 4 is 39.0 Å². The molecule has 0 radical (unpaired) electrons. The second kappa shape index (κ2) is 3.59. The fourth-order valence-corrected chi connectivity index (χ4v) is 2.75. The summed E-state index contributed by atoms with van der Waals surface area (Å²) < 4.78 is 1.61. The molecule has 1 heterocycles. The van der Waals surface area contributed by atoms with Gasteiger partial charge in [-0.25, -0.2) is 0 Å². The van der Waals surface area contributed by atoms with E-state index in [9.17, 15) is 4.79 Å². The highest BCUT2D eigenvalue weighted by molar-refractivity contribution is 7.22. The molecule has 0 fully saturated rings. The lowest BCUT2D eigenvalue weighted by Gasteiger charge is -1.94. The third-order valence-electron chi connectivity index (χ3n) is 1.98. The Morgan fingerprint density at radius 1 is 1.43 bits per heavy atom. The number of carboxylic acid groups (broad SMARTS) is 1.